The molecule has 1 aliphatic rings. The lowest BCUT2D eigenvalue weighted by Crippen LogP contribution is -2.41. The van der Waals surface area contributed by atoms with Crippen LogP contribution in [-0.2, 0) is 9.47 Å². The quantitative estimate of drug-likeness (QED) is 0.593. The third-order valence-electron chi connectivity index (χ3n) is 2.21. The van der Waals surface area contributed by atoms with Gasteiger partial charge in [-0.1, -0.05) is 0 Å². The number of nitrogens with zero attached hydrogens (tertiary/aromatic N) is 1. The fourth-order valence-corrected chi connectivity index (χ4v) is 1.55. The molecule has 1 rings (SSSR count). The molecule has 0 saturated carbocycles. The van der Waals surface area contributed by atoms with E-state index in [4.69, 9.17) is 9.47 Å². The van der Waals surface area contributed by atoms with E-state index in [1.54, 1.807) is 0 Å². The molecule has 5 nitrogen and oxygen atoms in total. The largest absolute Gasteiger partial charge is 0.390 e. The Bertz CT molecular complexity index is 161. The number of aliphatic hydroxyl groups excluding tert-OH is 1. The molecule has 90 valence electrons. The molecular weight excluding hydrogens is 196 g/mol. The Morgan fingerprint density at radius 1 is 1.47 bits per heavy atom. The molecule has 1 heterocycles. The molecule has 1 fully saturated rings. The summed E-state index contributed by atoms with van der Waals surface area (Å²) >= 11 is 0. The molecule has 1 saturated heterocycles. The first-order valence-corrected chi connectivity index (χ1v) is 5.41. The lowest BCUT2D eigenvalue weighted by atomic mass is 10.3. The van der Waals surface area contributed by atoms with Gasteiger partial charge in [0.25, 0.3) is 0 Å². The van der Waals surface area contributed by atoms with Crippen LogP contribution in [-0.4, -0.2) is 75.8 Å². The first-order chi connectivity index (χ1) is 7.18. The maximum atomic E-state index is 9.57. The van der Waals surface area contributed by atoms with E-state index in [2.05, 4.69) is 5.32 Å². The van der Waals surface area contributed by atoms with E-state index < -0.39 is 0 Å². The number of aliphatic hydroxyl groups is 1. The predicted molar refractivity (Wildman–Crippen MR) is 58.0 cm³/mol. The van der Waals surface area contributed by atoms with Gasteiger partial charge in [-0.25, -0.2) is 0 Å². The fraction of sp³-hybridized carbons (Fsp3) is 1.00. The summed E-state index contributed by atoms with van der Waals surface area (Å²) < 4.78 is 10.7. The highest BCUT2D eigenvalue weighted by molar-refractivity contribution is 4.67. The number of rotatable bonds is 6. The zero-order valence-corrected chi connectivity index (χ0v) is 9.61. The van der Waals surface area contributed by atoms with Crippen LogP contribution < -0.4 is 5.32 Å². The lowest BCUT2D eigenvalue weighted by molar-refractivity contribution is -0.0868. The van der Waals surface area contributed by atoms with Gasteiger partial charge in [0.05, 0.1) is 32.0 Å². The van der Waals surface area contributed by atoms with Crippen molar-refractivity contribution >= 4 is 0 Å². The van der Waals surface area contributed by atoms with E-state index in [0.717, 1.165) is 6.54 Å². The lowest BCUT2D eigenvalue weighted by Gasteiger charge is -2.24. The van der Waals surface area contributed by atoms with Gasteiger partial charge in [0.2, 0.25) is 0 Å². The Hall–Kier alpha value is -0.200. The molecule has 0 bridgehead atoms. The minimum atomic E-state index is -0.329. The number of nitrogens with one attached hydrogen (secondary N) is 1. The Morgan fingerprint density at radius 3 is 2.87 bits per heavy atom. The van der Waals surface area contributed by atoms with Crippen molar-refractivity contribution in [3.8, 4) is 0 Å². The van der Waals surface area contributed by atoms with Crippen LogP contribution in [0.3, 0.4) is 0 Å². The van der Waals surface area contributed by atoms with Crippen LogP contribution in [0.4, 0.5) is 0 Å². The highest BCUT2D eigenvalue weighted by Gasteiger charge is 2.14. The Kier molecular flexibility index (Phi) is 6.12. The van der Waals surface area contributed by atoms with Gasteiger partial charge in [0.15, 0.2) is 0 Å². The number of ether oxygens (including phenoxy) is 2. The fourth-order valence-electron chi connectivity index (χ4n) is 1.55. The van der Waals surface area contributed by atoms with Crippen LogP contribution in [0.15, 0.2) is 0 Å². The Labute approximate surface area is 91.3 Å². The second-order valence-electron chi connectivity index (χ2n) is 4.14. The van der Waals surface area contributed by atoms with Crippen LogP contribution in [0.1, 0.15) is 0 Å². The van der Waals surface area contributed by atoms with Gasteiger partial charge < -0.3 is 24.8 Å². The number of hydrogen-bond donors (Lipinski definition) is 2. The third-order valence-corrected chi connectivity index (χ3v) is 2.21. The summed E-state index contributed by atoms with van der Waals surface area (Å²) in [7, 11) is 3.89. The maximum absolute atomic E-state index is 9.57. The molecule has 5 heteroatoms. The summed E-state index contributed by atoms with van der Waals surface area (Å²) in [6.07, 6.45) is -0.199. The number of hydrogen-bond acceptors (Lipinski definition) is 5. The molecule has 0 radical (unpaired) electrons. The molecule has 15 heavy (non-hydrogen) atoms. The summed E-state index contributed by atoms with van der Waals surface area (Å²) in [5.74, 6) is 0. The van der Waals surface area contributed by atoms with Gasteiger partial charge in [-0.15, -0.1) is 0 Å². The molecule has 0 aliphatic carbocycles. The molecular formula is C10H22N2O3. The van der Waals surface area contributed by atoms with Crippen LogP contribution in [0.5, 0.6) is 0 Å². The monoisotopic (exact) mass is 218 g/mol. The third kappa shape index (κ3) is 6.06. The highest BCUT2D eigenvalue weighted by Crippen LogP contribution is 1.98. The SMILES string of the molecule is CN(C)CC(O)CNCC1COCCO1. The zero-order valence-electron chi connectivity index (χ0n) is 9.61. The van der Waals surface area contributed by atoms with Crippen LogP contribution in [0, 0.1) is 0 Å². The molecule has 2 unspecified atom stereocenters. The maximum Gasteiger partial charge on any atom is 0.0933 e. The molecule has 0 aromatic carbocycles. The topological polar surface area (TPSA) is 54.0 Å². The average molecular weight is 218 g/mol. The van der Waals surface area contributed by atoms with E-state index in [0.29, 0.717) is 32.9 Å². The average Bonchev–Trinajstić information content (AvgIpc) is 2.18. The summed E-state index contributed by atoms with van der Waals surface area (Å²) in [4.78, 5) is 1.96. The van der Waals surface area contributed by atoms with Gasteiger partial charge >= 0.3 is 0 Å². The molecule has 0 spiro atoms. The van der Waals surface area contributed by atoms with Crippen LogP contribution in [0.2, 0.25) is 0 Å². The van der Waals surface area contributed by atoms with Gasteiger partial charge in [0, 0.05) is 19.6 Å². The minimum absolute atomic E-state index is 0.130. The van der Waals surface area contributed by atoms with Crippen LogP contribution in [0.25, 0.3) is 0 Å². The van der Waals surface area contributed by atoms with Crippen molar-refractivity contribution in [1.82, 2.24) is 10.2 Å². The van der Waals surface area contributed by atoms with E-state index in [1.165, 1.54) is 0 Å². The van der Waals surface area contributed by atoms with Gasteiger partial charge in [-0.2, -0.15) is 0 Å². The Balaban J connectivity index is 1.99. The second kappa shape index (κ2) is 7.14. The predicted octanol–water partition coefficient (Wildman–Crippen LogP) is -1.09. The molecule has 0 aromatic rings. The van der Waals surface area contributed by atoms with Crippen molar-refractivity contribution in [2.24, 2.45) is 0 Å². The normalized spacial score (nSPS) is 24.4. The van der Waals surface area contributed by atoms with E-state index in [9.17, 15) is 5.11 Å². The highest BCUT2D eigenvalue weighted by atomic mass is 16.6. The van der Waals surface area contributed by atoms with E-state index in [1.807, 2.05) is 19.0 Å². The van der Waals surface area contributed by atoms with Gasteiger partial charge in [-0.05, 0) is 14.1 Å². The summed E-state index contributed by atoms with van der Waals surface area (Å²) in [5, 5.41) is 12.8. The van der Waals surface area contributed by atoms with Crippen molar-refractivity contribution in [3.63, 3.8) is 0 Å². The molecule has 2 N–H and O–H groups in total. The smallest absolute Gasteiger partial charge is 0.0933 e. The first-order valence-electron chi connectivity index (χ1n) is 5.41. The van der Waals surface area contributed by atoms with Crippen molar-refractivity contribution in [1.29, 1.82) is 0 Å². The molecule has 0 aromatic heterocycles. The van der Waals surface area contributed by atoms with E-state index in [-0.39, 0.29) is 12.2 Å². The zero-order chi connectivity index (χ0) is 11.1. The van der Waals surface area contributed by atoms with Crippen molar-refractivity contribution in [3.05, 3.63) is 0 Å². The molecule has 2 atom stereocenters. The van der Waals surface area contributed by atoms with Crippen molar-refractivity contribution in [2.45, 2.75) is 12.2 Å². The summed E-state index contributed by atoms with van der Waals surface area (Å²) in [6.45, 7) is 4.03. The van der Waals surface area contributed by atoms with Crippen LogP contribution >= 0.6 is 0 Å². The van der Waals surface area contributed by atoms with Crippen molar-refractivity contribution < 1.29 is 14.6 Å². The number of likely N-dealkylation sites (N-methyl/N-ethyl adjacent to an activating group) is 1. The minimum Gasteiger partial charge on any atom is -0.390 e. The van der Waals surface area contributed by atoms with Gasteiger partial charge in [0.1, 0.15) is 0 Å². The van der Waals surface area contributed by atoms with Crippen molar-refractivity contribution in [2.75, 3.05) is 53.6 Å². The van der Waals surface area contributed by atoms with Gasteiger partial charge in [-0.3, -0.25) is 0 Å². The van der Waals surface area contributed by atoms with E-state index >= 15 is 0 Å². The summed E-state index contributed by atoms with van der Waals surface area (Å²) in [5.41, 5.74) is 0. The first kappa shape index (κ1) is 12.9. The molecule has 0 amide bonds. The molecule has 1 aliphatic heterocycles. The second-order valence-corrected chi connectivity index (χ2v) is 4.14. The Morgan fingerprint density at radius 2 is 2.27 bits per heavy atom. The standard InChI is InChI=1S/C10H22N2O3/c1-12(2)7-9(13)5-11-6-10-8-14-3-4-15-10/h9-11,13H,3-8H2,1-2H3. The summed E-state index contributed by atoms with van der Waals surface area (Å²) in [6, 6.07) is 0.